The first kappa shape index (κ1) is 21.5. The van der Waals surface area contributed by atoms with Crippen LogP contribution in [-0.2, 0) is 9.59 Å². The van der Waals surface area contributed by atoms with E-state index in [4.69, 9.17) is 27.9 Å². The van der Waals surface area contributed by atoms with Crippen LogP contribution in [0.1, 0.15) is 22.9 Å². The molecule has 1 unspecified atom stereocenters. The van der Waals surface area contributed by atoms with Gasteiger partial charge in [-0.25, -0.2) is 0 Å². The fourth-order valence-electron chi connectivity index (χ4n) is 3.16. The molecule has 0 radical (unpaired) electrons. The number of rotatable bonds is 6. The molecule has 1 aliphatic rings. The lowest BCUT2D eigenvalue weighted by Gasteiger charge is -2.17. The van der Waals surface area contributed by atoms with E-state index in [1.54, 1.807) is 35.2 Å². The molecule has 1 fully saturated rings. The minimum atomic E-state index is -0.351. The molecule has 1 saturated heterocycles. The lowest BCUT2D eigenvalue weighted by atomic mass is 10.1. The van der Waals surface area contributed by atoms with Gasteiger partial charge in [0.25, 0.3) is 5.91 Å². The zero-order chi connectivity index (χ0) is 22.0. The van der Waals surface area contributed by atoms with Gasteiger partial charge >= 0.3 is 0 Å². The average molecular weight is 477 g/mol. The van der Waals surface area contributed by atoms with Crippen molar-refractivity contribution in [3.63, 3.8) is 0 Å². The SMILES string of the molecule is Cc1ccc(N2CC(c3nnc(NC(=O)COc4ccc(Cl)cc4)s3)CC2=O)cc1Cl. The molecule has 10 heteroatoms. The Kier molecular flexibility index (Phi) is 6.41. The molecule has 31 heavy (non-hydrogen) atoms. The van der Waals surface area contributed by atoms with E-state index in [0.717, 1.165) is 11.3 Å². The molecule has 7 nitrogen and oxygen atoms in total. The molecule has 1 aliphatic heterocycles. The molecule has 0 aliphatic carbocycles. The maximum Gasteiger partial charge on any atom is 0.264 e. The Balaban J connectivity index is 1.35. The van der Waals surface area contributed by atoms with Crippen LogP contribution in [-0.4, -0.2) is 35.2 Å². The molecule has 160 valence electrons. The van der Waals surface area contributed by atoms with E-state index in [0.29, 0.717) is 38.9 Å². The van der Waals surface area contributed by atoms with E-state index < -0.39 is 0 Å². The van der Waals surface area contributed by atoms with E-state index >= 15 is 0 Å². The van der Waals surface area contributed by atoms with Gasteiger partial charge in [-0.2, -0.15) is 0 Å². The van der Waals surface area contributed by atoms with Crippen LogP contribution in [0.2, 0.25) is 10.0 Å². The highest BCUT2D eigenvalue weighted by Gasteiger charge is 2.34. The van der Waals surface area contributed by atoms with E-state index in [-0.39, 0.29) is 24.3 Å². The smallest absolute Gasteiger partial charge is 0.264 e. The summed E-state index contributed by atoms with van der Waals surface area (Å²) in [6.07, 6.45) is 0.327. The predicted octanol–water partition coefficient (Wildman–Crippen LogP) is 4.69. The third kappa shape index (κ3) is 5.15. The Morgan fingerprint density at radius 3 is 2.74 bits per heavy atom. The van der Waals surface area contributed by atoms with Gasteiger partial charge in [0.15, 0.2) is 6.61 Å². The van der Waals surface area contributed by atoms with Crippen LogP contribution in [0, 0.1) is 6.92 Å². The molecular formula is C21H18Cl2N4O3S. The molecular weight excluding hydrogens is 459 g/mol. The first-order chi connectivity index (χ1) is 14.9. The predicted molar refractivity (Wildman–Crippen MR) is 121 cm³/mol. The van der Waals surface area contributed by atoms with E-state index in [2.05, 4.69) is 15.5 Å². The van der Waals surface area contributed by atoms with Crippen LogP contribution in [0.3, 0.4) is 0 Å². The highest BCUT2D eigenvalue weighted by atomic mass is 35.5. The summed E-state index contributed by atoms with van der Waals surface area (Å²) < 4.78 is 5.42. The third-order valence-corrected chi connectivity index (χ3v) is 6.47. The number of anilines is 2. The van der Waals surface area contributed by atoms with Crippen molar-refractivity contribution in [3.05, 3.63) is 63.1 Å². The van der Waals surface area contributed by atoms with Crippen molar-refractivity contribution in [2.75, 3.05) is 23.4 Å². The standard InChI is InChI=1S/C21H18Cl2N4O3S/c1-12-2-5-15(9-17(12)23)27-10-13(8-19(27)29)20-25-26-21(31-20)24-18(28)11-30-16-6-3-14(22)4-7-16/h2-7,9,13H,8,10-11H2,1H3,(H,24,26,28). The van der Waals surface area contributed by atoms with Gasteiger partial charge in [0, 0.05) is 34.6 Å². The van der Waals surface area contributed by atoms with Crippen LogP contribution in [0.25, 0.3) is 0 Å². The third-order valence-electron chi connectivity index (χ3n) is 4.81. The van der Waals surface area contributed by atoms with E-state index in [9.17, 15) is 9.59 Å². The number of nitrogens with one attached hydrogen (secondary N) is 1. The van der Waals surface area contributed by atoms with Crippen molar-refractivity contribution in [2.24, 2.45) is 0 Å². The number of halogens is 2. The molecule has 4 rings (SSSR count). The number of hydrogen-bond acceptors (Lipinski definition) is 6. The van der Waals surface area contributed by atoms with Crippen LogP contribution >= 0.6 is 34.5 Å². The van der Waals surface area contributed by atoms with Crippen molar-refractivity contribution in [1.82, 2.24) is 10.2 Å². The van der Waals surface area contributed by atoms with Gasteiger partial charge in [0.1, 0.15) is 10.8 Å². The molecule has 2 heterocycles. The summed E-state index contributed by atoms with van der Waals surface area (Å²) in [6.45, 7) is 2.24. The summed E-state index contributed by atoms with van der Waals surface area (Å²) in [5.74, 6) is 0.0949. The van der Waals surface area contributed by atoms with Crippen molar-refractivity contribution in [2.45, 2.75) is 19.3 Å². The zero-order valence-corrected chi connectivity index (χ0v) is 18.8. The van der Waals surface area contributed by atoms with Gasteiger partial charge < -0.3 is 9.64 Å². The number of hydrogen-bond donors (Lipinski definition) is 1. The summed E-state index contributed by atoms with van der Waals surface area (Å²) in [5.41, 5.74) is 1.72. The normalized spacial score (nSPS) is 15.9. The number of ether oxygens (including phenoxy) is 1. The minimum Gasteiger partial charge on any atom is -0.484 e. The number of carbonyl (C=O) groups excluding carboxylic acids is 2. The van der Waals surface area contributed by atoms with Crippen molar-refractivity contribution < 1.29 is 14.3 Å². The van der Waals surface area contributed by atoms with Gasteiger partial charge in [-0.05, 0) is 48.9 Å². The molecule has 2 aromatic carbocycles. The van der Waals surface area contributed by atoms with Gasteiger partial charge in [-0.3, -0.25) is 14.9 Å². The summed E-state index contributed by atoms with van der Waals surface area (Å²) in [7, 11) is 0. The van der Waals surface area contributed by atoms with Gasteiger partial charge in [-0.1, -0.05) is 40.6 Å². The molecule has 1 N–H and O–H groups in total. The van der Waals surface area contributed by atoms with Crippen molar-refractivity contribution >= 4 is 57.2 Å². The van der Waals surface area contributed by atoms with Gasteiger partial charge in [0.05, 0.1) is 0 Å². The first-order valence-corrected chi connectivity index (χ1v) is 11.0. The van der Waals surface area contributed by atoms with Crippen LogP contribution in [0.5, 0.6) is 5.75 Å². The van der Waals surface area contributed by atoms with E-state index in [1.165, 1.54) is 11.3 Å². The fraction of sp³-hybridized carbons (Fsp3) is 0.238. The second-order valence-corrected chi connectivity index (χ2v) is 8.93. The largest absolute Gasteiger partial charge is 0.484 e. The number of aryl methyl sites for hydroxylation is 1. The topological polar surface area (TPSA) is 84.4 Å². The maximum atomic E-state index is 12.5. The summed E-state index contributed by atoms with van der Waals surface area (Å²) in [5, 5.41) is 13.1. The van der Waals surface area contributed by atoms with Crippen LogP contribution in [0.4, 0.5) is 10.8 Å². The van der Waals surface area contributed by atoms with E-state index in [1.807, 2.05) is 19.1 Å². The lowest BCUT2D eigenvalue weighted by Crippen LogP contribution is -2.24. The van der Waals surface area contributed by atoms with Gasteiger partial charge in [-0.15, -0.1) is 10.2 Å². The zero-order valence-electron chi connectivity index (χ0n) is 16.5. The molecule has 0 saturated carbocycles. The Morgan fingerprint density at radius 1 is 1.23 bits per heavy atom. The van der Waals surface area contributed by atoms with Gasteiger partial charge in [0.2, 0.25) is 11.0 Å². The molecule has 2 amide bonds. The molecule has 3 aromatic rings. The second-order valence-electron chi connectivity index (χ2n) is 7.08. The highest BCUT2D eigenvalue weighted by molar-refractivity contribution is 7.15. The van der Waals surface area contributed by atoms with Crippen LogP contribution < -0.4 is 15.0 Å². The average Bonchev–Trinajstić information content (AvgIpc) is 3.36. The quantitative estimate of drug-likeness (QED) is 0.557. The molecule has 1 atom stereocenters. The Bertz CT molecular complexity index is 1120. The summed E-state index contributed by atoms with van der Waals surface area (Å²) >= 11 is 13.3. The Hall–Kier alpha value is -2.68. The maximum absolute atomic E-state index is 12.5. The number of nitrogens with zero attached hydrogens (tertiary/aromatic N) is 3. The fourth-order valence-corrected chi connectivity index (χ4v) is 4.31. The molecule has 0 spiro atoms. The first-order valence-electron chi connectivity index (χ1n) is 9.47. The number of benzene rings is 2. The van der Waals surface area contributed by atoms with Crippen LogP contribution in [0.15, 0.2) is 42.5 Å². The summed E-state index contributed by atoms with van der Waals surface area (Å²) in [4.78, 5) is 26.4. The minimum absolute atomic E-state index is 0.00192. The lowest BCUT2D eigenvalue weighted by molar-refractivity contribution is -0.118. The van der Waals surface area contributed by atoms with Crippen molar-refractivity contribution in [3.8, 4) is 5.75 Å². The Labute approximate surface area is 192 Å². The summed E-state index contributed by atoms with van der Waals surface area (Å²) in [6, 6.07) is 12.3. The highest BCUT2D eigenvalue weighted by Crippen LogP contribution is 2.35. The monoisotopic (exact) mass is 476 g/mol. The second kappa shape index (κ2) is 9.21. The number of carbonyl (C=O) groups is 2. The molecule has 1 aromatic heterocycles. The Morgan fingerprint density at radius 2 is 2.00 bits per heavy atom. The molecule has 0 bridgehead atoms. The van der Waals surface area contributed by atoms with Crippen molar-refractivity contribution in [1.29, 1.82) is 0 Å². The number of aromatic nitrogens is 2. The number of amides is 2.